The zero-order valence-electron chi connectivity index (χ0n) is 11.5. The lowest BCUT2D eigenvalue weighted by molar-refractivity contribution is 0.00761. The summed E-state index contributed by atoms with van der Waals surface area (Å²) in [6, 6.07) is 2.37. The van der Waals surface area contributed by atoms with Crippen LogP contribution in [0.5, 0.6) is 0 Å². The summed E-state index contributed by atoms with van der Waals surface area (Å²) < 4.78 is 5.88. The predicted molar refractivity (Wildman–Crippen MR) is 70.6 cm³/mol. The van der Waals surface area contributed by atoms with Gasteiger partial charge in [0.15, 0.2) is 0 Å². The standard InChI is InChI=1S/C15H27NO/c1-3-5-12-17-13-15(9-6-7-10-15)14(4-2)8-11-16/h14H,3-10,12-13H2,1-2H3. The molecule has 0 aromatic carbocycles. The van der Waals surface area contributed by atoms with Crippen molar-refractivity contribution in [3.63, 3.8) is 0 Å². The van der Waals surface area contributed by atoms with Gasteiger partial charge in [-0.15, -0.1) is 0 Å². The highest BCUT2D eigenvalue weighted by Crippen LogP contribution is 2.47. The first-order chi connectivity index (χ1) is 8.29. The summed E-state index contributed by atoms with van der Waals surface area (Å²) in [6.45, 7) is 6.18. The molecule has 1 rings (SSSR count). The molecule has 0 bridgehead atoms. The molecule has 0 heterocycles. The van der Waals surface area contributed by atoms with Gasteiger partial charge >= 0.3 is 0 Å². The molecular formula is C15H27NO. The molecule has 0 aromatic rings. The molecule has 0 aliphatic heterocycles. The van der Waals surface area contributed by atoms with E-state index in [-0.39, 0.29) is 0 Å². The minimum Gasteiger partial charge on any atom is -0.381 e. The normalized spacial score (nSPS) is 20.1. The minimum atomic E-state index is 0.318. The van der Waals surface area contributed by atoms with E-state index in [1.165, 1.54) is 32.1 Å². The lowest BCUT2D eigenvalue weighted by atomic mass is 9.72. The van der Waals surface area contributed by atoms with Crippen molar-refractivity contribution in [3.8, 4) is 6.07 Å². The average Bonchev–Trinajstić information content (AvgIpc) is 2.81. The SMILES string of the molecule is CCCCOCC1(C(CC)CC#N)CCCC1. The van der Waals surface area contributed by atoms with Crippen LogP contribution in [-0.2, 0) is 4.74 Å². The van der Waals surface area contributed by atoms with Crippen LogP contribution in [0.4, 0.5) is 0 Å². The molecule has 0 aromatic heterocycles. The molecule has 1 unspecified atom stereocenters. The van der Waals surface area contributed by atoms with Crippen LogP contribution in [-0.4, -0.2) is 13.2 Å². The van der Waals surface area contributed by atoms with Crippen LogP contribution < -0.4 is 0 Å². The summed E-state index contributed by atoms with van der Waals surface area (Å²) in [5.74, 6) is 0.539. The average molecular weight is 237 g/mol. The van der Waals surface area contributed by atoms with Crippen molar-refractivity contribution in [2.24, 2.45) is 11.3 Å². The molecular weight excluding hydrogens is 210 g/mol. The Labute approximate surface area is 106 Å². The van der Waals surface area contributed by atoms with E-state index >= 15 is 0 Å². The number of hydrogen-bond acceptors (Lipinski definition) is 2. The first kappa shape index (κ1) is 14.5. The van der Waals surface area contributed by atoms with Gasteiger partial charge in [-0.2, -0.15) is 5.26 Å². The third-order valence-corrected chi connectivity index (χ3v) is 4.33. The fourth-order valence-electron chi connectivity index (χ4n) is 3.18. The largest absolute Gasteiger partial charge is 0.381 e. The molecule has 0 radical (unpaired) electrons. The van der Waals surface area contributed by atoms with Crippen molar-refractivity contribution in [1.29, 1.82) is 5.26 Å². The van der Waals surface area contributed by atoms with E-state index in [1.54, 1.807) is 0 Å². The first-order valence-corrected chi connectivity index (χ1v) is 7.23. The lowest BCUT2D eigenvalue weighted by Crippen LogP contribution is -2.32. The third kappa shape index (κ3) is 4.00. The van der Waals surface area contributed by atoms with Gasteiger partial charge in [0, 0.05) is 13.0 Å². The summed E-state index contributed by atoms with van der Waals surface area (Å²) in [5.41, 5.74) is 0.318. The van der Waals surface area contributed by atoms with Crippen molar-refractivity contribution in [1.82, 2.24) is 0 Å². The van der Waals surface area contributed by atoms with Gasteiger partial charge in [0.25, 0.3) is 0 Å². The van der Waals surface area contributed by atoms with Crippen molar-refractivity contribution in [2.45, 2.75) is 65.2 Å². The predicted octanol–water partition coefficient (Wildman–Crippen LogP) is 4.30. The van der Waals surface area contributed by atoms with E-state index in [1.807, 2.05) is 0 Å². The van der Waals surface area contributed by atoms with Crippen LogP contribution in [0.3, 0.4) is 0 Å². The van der Waals surface area contributed by atoms with Gasteiger partial charge < -0.3 is 4.74 Å². The van der Waals surface area contributed by atoms with Gasteiger partial charge in [-0.05, 0) is 30.6 Å². The monoisotopic (exact) mass is 237 g/mol. The smallest absolute Gasteiger partial charge is 0.0624 e. The maximum absolute atomic E-state index is 8.96. The summed E-state index contributed by atoms with van der Waals surface area (Å²) in [5, 5.41) is 8.96. The van der Waals surface area contributed by atoms with Crippen molar-refractivity contribution in [2.75, 3.05) is 13.2 Å². The molecule has 0 saturated heterocycles. The quantitative estimate of drug-likeness (QED) is 0.589. The molecule has 98 valence electrons. The van der Waals surface area contributed by atoms with E-state index < -0.39 is 0 Å². The Hall–Kier alpha value is -0.550. The second-order valence-corrected chi connectivity index (χ2v) is 5.44. The van der Waals surface area contributed by atoms with Crippen molar-refractivity contribution >= 4 is 0 Å². The van der Waals surface area contributed by atoms with Crippen LogP contribution in [0.2, 0.25) is 0 Å². The summed E-state index contributed by atoms with van der Waals surface area (Å²) >= 11 is 0. The number of nitriles is 1. The fourth-order valence-corrected chi connectivity index (χ4v) is 3.18. The number of ether oxygens (including phenoxy) is 1. The van der Waals surface area contributed by atoms with Gasteiger partial charge in [0.2, 0.25) is 0 Å². The second-order valence-electron chi connectivity index (χ2n) is 5.44. The number of hydrogen-bond donors (Lipinski definition) is 0. The molecule has 1 saturated carbocycles. The van der Waals surface area contributed by atoms with Crippen LogP contribution in [0, 0.1) is 22.7 Å². The molecule has 2 heteroatoms. The van der Waals surface area contributed by atoms with E-state index in [9.17, 15) is 0 Å². The van der Waals surface area contributed by atoms with Crippen LogP contribution >= 0.6 is 0 Å². The lowest BCUT2D eigenvalue weighted by Gasteiger charge is -2.36. The van der Waals surface area contributed by atoms with Gasteiger partial charge in [0.05, 0.1) is 12.7 Å². The Bertz CT molecular complexity index is 238. The van der Waals surface area contributed by atoms with Crippen LogP contribution in [0.1, 0.15) is 65.2 Å². The first-order valence-electron chi connectivity index (χ1n) is 7.23. The zero-order valence-corrected chi connectivity index (χ0v) is 11.5. The highest BCUT2D eigenvalue weighted by Gasteiger charge is 2.40. The molecule has 1 aliphatic rings. The minimum absolute atomic E-state index is 0.318. The molecule has 2 nitrogen and oxygen atoms in total. The van der Waals surface area contributed by atoms with E-state index in [0.29, 0.717) is 17.8 Å². The molecule has 1 fully saturated rings. The Morgan fingerprint density at radius 3 is 2.53 bits per heavy atom. The van der Waals surface area contributed by atoms with Gasteiger partial charge in [-0.1, -0.05) is 39.5 Å². The van der Waals surface area contributed by atoms with Gasteiger partial charge in [-0.25, -0.2) is 0 Å². The number of rotatable bonds is 8. The maximum Gasteiger partial charge on any atom is 0.0624 e. The molecule has 0 amide bonds. The molecule has 1 aliphatic carbocycles. The highest BCUT2D eigenvalue weighted by molar-refractivity contribution is 4.93. The number of unbranched alkanes of at least 4 members (excludes halogenated alkanes) is 1. The van der Waals surface area contributed by atoms with Gasteiger partial charge in [0.1, 0.15) is 0 Å². The van der Waals surface area contributed by atoms with Crippen molar-refractivity contribution in [3.05, 3.63) is 0 Å². The Balaban J connectivity index is 2.52. The maximum atomic E-state index is 8.96. The van der Waals surface area contributed by atoms with Crippen LogP contribution in [0.15, 0.2) is 0 Å². The van der Waals surface area contributed by atoms with Crippen LogP contribution in [0.25, 0.3) is 0 Å². The van der Waals surface area contributed by atoms with Crippen molar-refractivity contribution < 1.29 is 4.74 Å². The summed E-state index contributed by atoms with van der Waals surface area (Å²) in [7, 11) is 0. The van der Waals surface area contributed by atoms with Gasteiger partial charge in [-0.3, -0.25) is 0 Å². The van der Waals surface area contributed by atoms with E-state index in [0.717, 1.165) is 26.1 Å². The molecule has 0 spiro atoms. The Kier molecular flexibility index (Phi) is 6.58. The highest BCUT2D eigenvalue weighted by atomic mass is 16.5. The molecule has 0 N–H and O–H groups in total. The van der Waals surface area contributed by atoms with E-state index in [4.69, 9.17) is 10.00 Å². The molecule has 17 heavy (non-hydrogen) atoms. The topological polar surface area (TPSA) is 33.0 Å². The third-order valence-electron chi connectivity index (χ3n) is 4.33. The Morgan fingerprint density at radius 1 is 1.29 bits per heavy atom. The number of nitrogens with zero attached hydrogens (tertiary/aromatic N) is 1. The summed E-state index contributed by atoms with van der Waals surface area (Å²) in [6.07, 6.45) is 9.34. The second kappa shape index (κ2) is 7.71. The fraction of sp³-hybridized carbons (Fsp3) is 0.933. The Morgan fingerprint density at radius 2 is 2.00 bits per heavy atom. The zero-order chi connectivity index (χ0) is 12.6. The summed E-state index contributed by atoms with van der Waals surface area (Å²) in [4.78, 5) is 0. The molecule has 1 atom stereocenters. The van der Waals surface area contributed by atoms with E-state index in [2.05, 4.69) is 19.9 Å².